The van der Waals surface area contributed by atoms with Gasteiger partial charge in [0.05, 0.1) is 18.1 Å². The Morgan fingerprint density at radius 2 is 1.72 bits per heavy atom. The van der Waals surface area contributed by atoms with Gasteiger partial charge in [-0.3, -0.25) is 0 Å². The Hall–Kier alpha value is -3.93. The van der Waals surface area contributed by atoms with Crippen LogP contribution in [-0.2, 0) is 26.3 Å². The van der Waals surface area contributed by atoms with E-state index in [9.17, 15) is 14.4 Å². The lowest BCUT2D eigenvalue weighted by molar-refractivity contribution is -0.165. The van der Waals surface area contributed by atoms with Gasteiger partial charge in [0.25, 0.3) is 0 Å². The minimum Gasteiger partial charge on any atom is -0.493 e. The lowest BCUT2D eigenvalue weighted by Crippen LogP contribution is -2.43. The number of carboxylic acid groups (broad SMARTS) is 2. The van der Waals surface area contributed by atoms with E-state index in [1.165, 1.54) is 11.1 Å². The lowest BCUT2D eigenvalue weighted by atomic mass is 9.69. The zero-order chi connectivity index (χ0) is 28.3. The zero-order valence-corrected chi connectivity index (χ0v) is 21.5. The van der Waals surface area contributed by atoms with Crippen molar-refractivity contribution in [2.24, 2.45) is 0 Å². The van der Waals surface area contributed by atoms with Gasteiger partial charge in [-0.05, 0) is 49.9 Å². The Bertz CT molecular complexity index is 1240. The summed E-state index contributed by atoms with van der Waals surface area (Å²) in [6, 6.07) is 13.3. The maximum atomic E-state index is 12.5. The van der Waals surface area contributed by atoms with Gasteiger partial charge in [0.1, 0.15) is 12.2 Å². The van der Waals surface area contributed by atoms with Crippen molar-refractivity contribution >= 4 is 17.9 Å². The van der Waals surface area contributed by atoms with Crippen LogP contribution < -0.4 is 9.47 Å². The standard InChI is InChI=1S/C24H25NO4.C4H6O6/c1-25-13-12-24-11-10-18(28-23(26)16-6-4-3-5-7-16)14-20(24)29-22-19(27-2)9-8-17(15-25)21(22)24;5-1(3(7)8)2(6)4(9)10/h3-11,18,20H,12-15H2,1-2H3;1-2,5-6H,(H,7,8)(H,9,10)/t;1-,2-/m.0/s1. The Kier molecular flexibility index (Phi) is 8.24. The summed E-state index contributed by atoms with van der Waals surface area (Å²) in [6.45, 7) is 1.87. The number of hydrogen-bond donors (Lipinski definition) is 4. The average molecular weight is 542 g/mol. The van der Waals surface area contributed by atoms with Crippen molar-refractivity contribution in [2.75, 3.05) is 20.7 Å². The van der Waals surface area contributed by atoms with E-state index in [2.05, 4.69) is 24.1 Å². The summed E-state index contributed by atoms with van der Waals surface area (Å²) in [5, 5.41) is 32.5. The molecule has 3 unspecified atom stereocenters. The molecule has 2 aromatic rings. The van der Waals surface area contributed by atoms with Crippen LogP contribution in [0.2, 0.25) is 0 Å². The van der Waals surface area contributed by atoms with Gasteiger partial charge in [-0.25, -0.2) is 14.4 Å². The first-order chi connectivity index (χ1) is 18.6. The van der Waals surface area contributed by atoms with Crippen LogP contribution in [0, 0.1) is 0 Å². The van der Waals surface area contributed by atoms with Crippen molar-refractivity contribution in [1.29, 1.82) is 0 Å². The summed E-state index contributed by atoms with van der Waals surface area (Å²) in [5.41, 5.74) is 2.90. The largest absolute Gasteiger partial charge is 0.493 e. The molecule has 39 heavy (non-hydrogen) atoms. The second-order valence-corrected chi connectivity index (χ2v) is 9.74. The van der Waals surface area contributed by atoms with E-state index in [-0.39, 0.29) is 23.6 Å². The summed E-state index contributed by atoms with van der Waals surface area (Å²) >= 11 is 0. The number of aliphatic carboxylic acids is 2. The number of carbonyl (C=O) groups is 3. The molecule has 0 bridgehead atoms. The van der Waals surface area contributed by atoms with Gasteiger partial charge >= 0.3 is 17.9 Å². The maximum absolute atomic E-state index is 12.5. The number of nitrogens with zero attached hydrogens (tertiary/aromatic N) is 1. The van der Waals surface area contributed by atoms with Gasteiger partial charge < -0.3 is 39.5 Å². The predicted octanol–water partition coefficient (Wildman–Crippen LogP) is 1.59. The van der Waals surface area contributed by atoms with Crippen LogP contribution in [0.1, 0.15) is 34.3 Å². The first-order valence-corrected chi connectivity index (χ1v) is 12.4. The first kappa shape index (κ1) is 28.1. The highest BCUT2D eigenvalue weighted by atomic mass is 16.6. The average Bonchev–Trinajstić information content (AvgIpc) is 3.19. The van der Waals surface area contributed by atoms with Gasteiger partial charge in [0.2, 0.25) is 0 Å². The molecule has 1 spiro atoms. The number of carbonyl (C=O) groups excluding carboxylic acids is 1. The SMILES string of the molecule is COc1ccc2c3c1OC1CC(OC(=O)c4ccccc4)C=CC31CCN(C)C2.O=C(O)[C@@H](O)[C@H](O)C(=O)O. The second-order valence-electron chi connectivity index (χ2n) is 9.74. The van der Waals surface area contributed by atoms with Crippen molar-refractivity contribution in [2.45, 2.75) is 49.2 Å². The third kappa shape index (κ3) is 5.60. The molecule has 0 fully saturated rings. The Balaban J connectivity index is 0.000000303. The quantitative estimate of drug-likeness (QED) is 0.310. The van der Waals surface area contributed by atoms with Crippen LogP contribution in [0.3, 0.4) is 0 Å². The van der Waals surface area contributed by atoms with Gasteiger partial charge in [-0.2, -0.15) is 0 Å². The van der Waals surface area contributed by atoms with E-state index in [4.69, 9.17) is 34.6 Å². The highest BCUT2D eigenvalue weighted by molar-refractivity contribution is 5.89. The van der Waals surface area contributed by atoms with Gasteiger partial charge in [-0.15, -0.1) is 0 Å². The molecule has 208 valence electrons. The van der Waals surface area contributed by atoms with Crippen LogP contribution in [0.4, 0.5) is 0 Å². The Morgan fingerprint density at radius 1 is 1.05 bits per heavy atom. The van der Waals surface area contributed by atoms with Crippen molar-refractivity contribution in [3.05, 3.63) is 71.3 Å². The van der Waals surface area contributed by atoms with Crippen molar-refractivity contribution in [3.8, 4) is 11.5 Å². The van der Waals surface area contributed by atoms with E-state index in [0.29, 0.717) is 12.0 Å². The molecule has 11 nitrogen and oxygen atoms in total. The third-order valence-corrected chi connectivity index (χ3v) is 7.20. The fourth-order valence-corrected chi connectivity index (χ4v) is 5.20. The molecular weight excluding hydrogens is 510 g/mol. The maximum Gasteiger partial charge on any atom is 0.338 e. The molecular formula is C28H31NO10. The van der Waals surface area contributed by atoms with E-state index >= 15 is 0 Å². The van der Waals surface area contributed by atoms with Gasteiger partial charge in [0, 0.05) is 18.5 Å². The Labute approximate surface area is 224 Å². The van der Waals surface area contributed by atoms with Gasteiger partial charge in [0.15, 0.2) is 23.7 Å². The van der Waals surface area contributed by atoms with Crippen LogP contribution in [-0.4, -0.2) is 88.4 Å². The number of benzene rings is 2. The number of aliphatic hydroxyl groups excluding tert-OH is 2. The third-order valence-electron chi connectivity index (χ3n) is 7.20. The van der Waals surface area contributed by atoms with Gasteiger partial charge in [-0.1, -0.05) is 30.3 Å². The van der Waals surface area contributed by atoms with Crippen LogP contribution in [0.25, 0.3) is 0 Å². The predicted molar refractivity (Wildman–Crippen MR) is 137 cm³/mol. The minimum atomic E-state index is -2.27. The first-order valence-electron chi connectivity index (χ1n) is 12.4. The molecule has 0 radical (unpaired) electrons. The topological polar surface area (TPSA) is 163 Å². The normalized spacial score (nSPS) is 24.4. The summed E-state index contributed by atoms with van der Waals surface area (Å²) in [6.07, 6.45) is 0.964. The number of carboxylic acids is 2. The minimum absolute atomic E-state index is 0.0716. The number of ether oxygens (including phenoxy) is 3. The number of hydrogen-bond acceptors (Lipinski definition) is 9. The molecule has 2 heterocycles. The number of aliphatic hydroxyl groups is 2. The Morgan fingerprint density at radius 3 is 2.33 bits per heavy atom. The van der Waals surface area contributed by atoms with Crippen LogP contribution >= 0.6 is 0 Å². The van der Waals surface area contributed by atoms with Crippen molar-refractivity contribution in [1.82, 2.24) is 4.90 Å². The molecule has 11 heteroatoms. The summed E-state index contributed by atoms with van der Waals surface area (Å²) < 4.78 is 17.9. The van der Waals surface area contributed by atoms with Crippen molar-refractivity contribution in [3.63, 3.8) is 0 Å². The molecule has 0 saturated carbocycles. The monoisotopic (exact) mass is 541 g/mol. The number of rotatable bonds is 6. The fraction of sp³-hybridized carbons (Fsp3) is 0.393. The molecule has 3 aliphatic rings. The molecule has 4 N–H and O–H groups in total. The summed E-state index contributed by atoms with van der Waals surface area (Å²) in [4.78, 5) is 34.4. The highest BCUT2D eigenvalue weighted by Crippen LogP contribution is 2.55. The smallest absolute Gasteiger partial charge is 0.338 e. The molecule has 2 aromatic carbocycles. The zero-order valence-electron chi connectivity index (χ0n) is 21.5. The van der Waals surface area contributed by atoms with E-state index < -0.39 is 24.1 Å². The van der Waals surface area contributed by atoms with Crippen LogP contribution in [0.5, 0.6) is 11.5 Å². The van der Waals surface area contributed by atoms with E-state index in [0.717, 1.165) is 31.0 Å². The van der Waals surface area contributed by atoms with Crippen LogP contribution in [0.15, 0.2) is 54.6 Å². The molecule has 5 rings (SSSR count). The molecule has 1 aliphatic carbocycles. The lowest BCUT2D eigenvalue weighted by Gasteiger charge is -2.36. The molecule has 0 aromatic heterocycles. The highest BCUT2D eigenvalue weighted by Gasteiger charge is 2.53. The molecule has 0 amide bonds. The molecule has 2 aliphatic heterocycles. The van der Waals surface area contributed by atoms with E-state index in [1.54, 1.807) is 19.2 Å². The summed E-state index contributed by atoms with van der Waals surface area (Å²) in [5.74, 6) is -2.21. The van der Waals surface area contributed by atoms with Crippen molar-refractivity contribution < 1.29 is 49.0 Å². The summed E-state index contributed by atoms with van der Waals surface area (Å²) in [7, 11) is 3.83. The number of esters is 1. The number of methoxy groups -OCH3 is 1. The molecule has 5 atom stereocenters. The fourth-order valence-electron chi connectivity index (χ4n) is 5.20. The second kappa shape index (κ2) is 11.4. The van der Waals surface area contributed by atoms with E-state index in [1.807, 2.05) is 30.3 Å². The molecule has 0 saturated heterocycles.